The molecule has 0 spiro atoms. The van der Waals surface area contributed by atoms with Crippen molar-refractivity contribution in [3.05, 3.63) is 58.1 Å². The highest BCUT2D eigenvalue weighted by Gasteiger charge is 2.34. The molecule has 14 heteroatoms. The lowest BCUT2D eigenvalue weighted by atomic mass is 9.93. The van der Waals surface area contributed by atoms with E-state index in [9.17, 15) is 41.3 Å². The van der Waals surface area contributed by atoms with Gasteiger partial charge in [-0.3, -0.25) is 10.1 Å². The second kappa shape index (κ2) is 10.3. The molecule has 0 heterocycles. The summed E-state index contributed by atoms with van der Waals surface area (Å²) in [4.78, 5) is 22.4. The minimum atomic E-state index is -4.87. The molecule has 0 radical (unpaired) electrons. The van der Waals surface area contributed by atoms with Crippen molar-refractivity contribution >= 4 is 17.4 Å². The number of nitrogens with one attached hydrogen (secondary N) is 2. The molecule has 190 valence electrons. The average Bonchev–Trinajstić information content (AvgIpc) is 2.73. The molecule has 2 aromatic rings. The van der Waals surface area contributed by atoms with Crippen molar-refractivity contribution in [3.63, 3.8) is 0 Å². The summed E-state index contributed by atoms with van der Waals surface area (Å²) in [6, 6.07) is 5.81. The van der Waals surface area contributed by atoms with E-state index >= 15 is 0 Å². The molecule has 35 heavy (non-hydrogen) atoms. The van der Waals surface area contributed by atoms with E-state index < -0.39 is 46.6 Å². The van der Waals surface area contributed by atoms with E-state index in [-0.39, 0.29) is 17.5 Å². The number of nitro groups is 1. The van der Waals surface area contributed by atoms with E-state index in [0.29, 0.717) is 37.8 Å². The molecule has 2 aromatic carbocycles. The van der Waals surface area contributed by atoms with Crippen LogP contribution in [0.25, 0.3) is 0 Å². The van der Waals surface area contributed by atoms with E-state index in [2.05, 4.69) is 15.4 Å². The Bertz CT molecular complexity index is 1070. The number of amides is 2. The van der Waals surface area contributed by atoms with E-state index in [1.165, 1.54) is 12.1 Å². The van der Waals surface area contributed by atoms with Crippen molar-refractivity contribution in [2.75, 3.05) is 5.32 Å². The van der Waals surface area contributed by atoms with Gasteiger partial charge in [-0.25, -0.2) is 4.79 Å². The third-order valence-electron chi connectivity index (χ3n) is 5.11. The van der Waals surface area contributed by atoms with Gasteiger partial charge in [0, 0.05) is 23.9 Å². The van der Waals surface area contributed by atoms with Crippen LogP contribution in [0.3, 0.4) is 0 Å². The predicted octanol–water partition coefficient (Wildman–Crippen LogP) is 6.02. The zero-order valence-corrected chi connectivity index (χ0v) is 17.8. The Hall–Kier alpha value is -3.71. The first kappa shape index (κ1) is 25.9. The first-order valence-corrected chi connectivity index (χ1v) is 10.3. The molecule has 0 aliphatic heterocycles. The van der Waals surface area contributed by atoms with E-state index in [0.717, 1.165) is 18.2 Å². The fourth-order valence-corrected chi connectivity index (χ4v) is 3.56. The number of benzene rings is 2. The molecule has 1 aliphatic carbocycles. The lowest BCUT2D eigenvalue weighted by Gasteiger charge is -2.29. The maximum Gasteiger partial charge on any atom is 0.573 e. The number of carbonyl (C=O) groups excluding carboxylic acids is 1. The molecule has 0 saturated heterocycles. The molecule has 2 amide bonds. The molecule has 0 aromatic heterocycles. The third-order valence-corrected chi connectivity index (χ3v) is 5.11. The van der Waals surface area contributed by atoms with Crippen molar-refractivity contribution in [1.29, 1.82) is 0 Å². The van der Waals surface area contributed by atoms with Crippen LogP contribution in [0.15, 0.2) is 42.5 Å². The van der Waals surface area contributed by atoms with Crippen molar-refractivity contribution < 1.29 is 45.5 Å². The summed E-state index contributed by atoms with van der Waals surface area (Å²) < 4.78 is 84.9. The summed E-state index contributed by atoms with van der Waals surface area (Å²) in [6.07, 6.45) is -8.59. The lowest BCUT2D eigenvalue weighted by Crippen LogP contribution is -2.41. The number of alkyl halides is 6. The number of urea groups is 1. The van der Waals surface area contributed by atoms with Gasteiger partial charge in [0.2, 0.25) is 0 Å². The summed E-state index contributed by atoms with van der Waals surface area (Å²) in [5.41, 5.74) is -1.88. The van der Waals surface area contributed by atoms with Crippen LogP contribution in [0.4, 0.5) is 42.5 Å². The van der Waals surface area contributed by atoms with Crippen LogP contribution in [0.1, 0.15) is 31.2 Å². The van der Waals surface area contributed by atoms with Gasteiger partial charge in [0.25, 0.3) is 0 Å². The maximum absolute atomic E-state index is 12.8. The van der Waals surface area contributed by atoms with E-state index in [1.807, 2.05) is 0 Å². The van der Waals surface area contributed by atoms with Crippen LogP contribution in [0.5, 0.6) is 11.5 Å². The van der Waals surface area contributed by atoms with Crippen LogP contribution >= 0.6 is 0 Å². The van der Waals surface area contributed by atoms with Gasteiger partial charge in [0.15, 0.2) is 5.75 Å². The standard InChI is InChI=1S/C21H19F6N3O5/c22-20(23,24)12-4-9-18(17(10-12)30(32)33)34-15-7-5-13(6-8-15)28-19(31)29-14-2-1-3-16(11-14)35-21(25,26)27/h1-4,9-11,13,15H,5-8H2,(H2,28,29,31). The number of rotatable bonds is 6. The average molecular weight is 507 g/mol. The Morgan fingerprint density at radius 1 is 1.00 bits per heavy atom. The summed E-state index contributed by atoms with van der Waals surface area (Å²) in [7, 11) is 0. The van der Waals surface area contributed by atoms with Gasteiger partial charge >= 0.3 is 24.3 Å². The molecule has 1 fully saturated rings. The maximum atomic E-state index is 12.8. The second-order valence-corrected chi connectivity index (χ2v) is 7.70. The Morgan fingerprint density at radius 2 is 1.69 bits per heavy atom. The highest BCUT2D eigenvalue weighted by molar-refractivity contribution is 5.89. The van der Waals surface area contributed by atoms with Crippen molar-refractivity contribution in [2.24, 2.45) is 0 Å². The summed E-state index contributed by atoms with van der Waals surface area (Å²) in [6.45, 7) is 0. The number of nitro benzene ring substituents is 1. The van der Waals surface area contributed by atoms with E-state index in [4.69, 9.17) is 4.74 Å². The fraction of sp³-hybridized carbons (Fsp3) is 0.381. The minimum absolute atomic E-state index is 0.0795. The number of hydrogen-bond acceptors (Lipinski definition) is 5. The molecular weight excluding hydrogens is 488 g/mol. The number of halogens is 6. The van der Waals surface area contributed by atoms with E-state index in [1.54, 1.807) is 0 Å². The molecule has 1 aliphatic rings. The van der Waals surface area contributed by atoms with Gasteiger partial charge in [0.05, 0.1) is 16.6 Å². The molecule has 0 unspecified atom stereocenters. The largest absolute Gasteiger partial charge is 0.573 e. The molecular formula is C21H19F6N3O5. The molecule has 8 nitrogen and oxygen atoms in total. The molecule has 2 N–H and O–H groups in total. The van der Waals surface area contributed by atoms with Crippen LogP contribution in [-0.4, -0.2) is 29.5 Å². The number of anilines is 1. The first-order chi connectivity index (χ1) is 16.3. The zero-order chi connectivity index (χ0) is 25.8. The lowest BCUT2D eigenvalue weighted by molar-refractivity contribution is -0.386. The molecule has 3 rings (SSSR count). The SMILES string of the molecule is O=C(Nc1cccc(OC(F)(F)F)c1)NC1CCC(Oc2ccc(C(F)(F)F)cc2[N+](=O)[O-])CC1. The van der Waals surface area contributed by atoms with Crippen molar-refractivity contribution in [3.8, 4) is 11.5 Å². The van der Waals surface area contributed by atoms with Gasteiger partial charge in [0.1, 0.15) is 5.75 Å². The van der Waals surface area contributed by atoms with Crippen LogP contribution < -0.4 is 20.1 Å². The zero-order valence-electron chi connectivity index (χ0n) is 17.8. The molecule has 0 bridgehead atoms. The fourth-order valence-electron chi connectivity index (χ4n) is 3.56. The summed E-state index contributed by atoms with van der Waals surface area (Å²) >= 11 is 0. The van der Waals surface area contributed by atoms with Crippen LogP contribution in [0.2, 0.25) is 0 Å². The smallest absolute Gasteiger partial charge is 0.484 e. The number of carbonyl (C=O) groups is 1. The number of ether oxygens (including phenoxy) is 2. The van der Waals surface area contributed by atoms with Crippen molar-refractivity contribution in [1.82, 2.24) is 5.32 Å². The third kappa shape index (κ3) is 7.65. The molecule has 1 saturated carbocycles. The summed E-state index contributed by atoms with van der Waals surface area (Å²) in [5, 5.41) is 16.3. The van der Waals surface area contributed by atoms with Gasteiger partial charge < -0.3 is 20.1 Å². The summed E-state index contributed by atoms with van der Waals surface area (Å²) in [5.74, 6) is -0.775. The predicted molar refractivity (Wildman–Crippen MR) is 110 cm³/mol. The topological polar surface area (TPSA) is 103 Å². The molecule has 0 atom stereocenters. The quantitative estimate of drug-likeness (QED) is 0.283. The normalized spacial score (nSPS) is 18.5. The van der Waals surface area contributed by atoms with Gasteiger partial charge in [-0.15, -0.1) is 13.2 Å². The number of hydrogen-bond donors (Lipinski definition) is 2. The Labute approximate surface area is 194 Å². The highest BCUT2D eigenvalue weighted by atomic mass is 19.4. The highest BCUT2D eigenvalue weighted by Crippen LogP contribution is 2.37. The van der Waals surface area contributed by atoms with Crippen LogP contribution in [-0.2, 0) is 6.18 Å². The Kier molecular flexibility index (Phi) is 7.60. The Morgan fingerprint density at radius 3 is 2.29 bits per heavy atom. The first-order valence-electron chi connectivity index (χ1n) is 10.3. The van der Waals surface area contributed by atoms with Gasteiger partial charge in [-0.2, -0.15) is 13.2 Å². The van der Waals surface area contributed by atoms with Crippen LogP contribution in [0, 0.1) is 10.1 Å². The van der Waals surface area contributed by atoms with Crippen molar-refractivity contribution in [2.45, 2.75) is 50.4 Å². The number of nitrogens with zero attached hydrogens (tertiary/aromatic N) is 1. The van der Waals surface area contributed by atoms with Gasteiger partial charge in [-0.1, -0.05) is 6.07 Å². The van der Waals surface area contributed by atoms with Gasteiger partial charge in [-0.05, 0) is 49.9 Å². The minimum Gasteiger partial charge on any atom is -0.484 e. The Balaban J connectivity index is 1.52. The second-order valence-electron chi connectivity index (χ2n) is 7.70. The monoisotopic (exact) mass is 507 g/mol.